The van der Waals surface area contributed by atoms with Crippen molar-refractivity contribution in [2.24, 2.45) is 0 Å². The summed E-state index contributed by atoms with van der Waals surface area (Å²) in [5.41, 5.74) is 2.28. The van der Waals surface area contributed by atoms with Crippen LogP contribution in [-0.2, 0) is 34.1 Å². The van der Waals surface area contributed by atoms with Crippen molar-refractivity contribution in [3.05, 3.63) is 70.7 Å². The van der Waals surface area contributed by atoms with Crippen molar-refractivity contribution in [2.75, 3.05) is 24.7 Å². The van der Waals surface area contributed by atoms with E-state index in [0.717, 1.165) is 36.6 Å². The minimum Gasteiger partial charge on any atom is -0.497 e. The predicted octanol–water partition coefficient (Wildman–Crippen LogP) is 3.51. The number of anilines is 1. The van der Waals surface area contributed by atoms with E-state index < -0.39 is 9.84 Å². The zero-order valence-electron chi connectivity index (χ0n) is 17.8. The first-order valence-corrected chi connectivity index (χ1v) is 12.8. The molecule has 1 aliphatic rings. The van der Waals surface area contributed by atoms with Gasteiger partial charge in [0.05, 0.1) is 23.5 Å². The number of sulfone groups is 1. The van der Waals surface area contributed by atoms with Gasteiger partial charge in [-0.05, 0) is 29.8 Å². The summed E-state index contributed by atoms with van der Waals surface area (Å²) in [5.74, 6) is -0.0349. The molecule has 168 valence electrons. The van der Waals surface area contributed by atoms with Gasteiger partial charge in [-0.3, -0.25) is 9.69 Å². The average Bonchev–Trinajstić information content (AvgIpc) is 3.20. The lowest BCUT2D eigenvalue weighted by Crippen LogP contribution is -2.29. The number of amides is 1. The maximum absolute atomic E-state index is 12.5. The molecule has 2 aromatic carbocycles. The Balaban J connectivity index is 1.31. The third-order valence-electron chi connectivity index (χ3n) is 5.32. The van der Waals surface area contributed by atoms with Crippen LogP contribution in [0.1, 0.15) is 22.6 Å². The summed E-state index contributed by atoms with van der Waals surface area (Å²) in [6.45, 7) is 2.59. The summed E-state index contributed by atoms with van der Waals surface area (Å²) in [6.07, 6.45) is 0.707. The molecule has 1 aromatic heterocycles. The highest BCUT2D eigenvalue weighted by Gasteiger charge is 2.22. The summed E-state index contributed by atoms with van der Waals surface area (Å²) < 4.78 is 30.0. The number of methoxy groups -OCH3 is 1. The lowest BCUT2D eigenvalue weighted by molar-refractivity contribution is -0.115. The maximum Gasteiger partial charge on any atom is 0.227 e. The number of fused-ring (bicyclic) bond motifs is 1. The minimum atomic E-state index is -3.55. The highest BCUT2D eigenvalue weighted by atomic mass is 32.2. The lowest BCUT2D eigenvalue weighted by atomic mass is 10.1. The highest BCUT2D eigenvalue weighted by molar-refractivity contribution is 7.91. The van der Waals surface area contributed by atoms with Gasteiger partial charge in [0.25, 0.3) is 0 Å². The third-order valence-corrected chi connectivity index (χ3v) is 8.05. The average molecular weight is 472 g/mol. The van der Waals surface area contributed by atoms with Gasteiger partial charge in [0.15, 0.2) is 15.0 Å². The van der Waals surface area contributed by atoms with Gasteiger partial charge >= 0.3 is 0 Å². The van der Waals surface area contributed by atoms with Crippen LogP contribution < -0.4 is 10.1 Å². The van der Waals surface area contributed by atoms with Gasteiger partial charge in [-0.1, -0.05) is 30.3 Å². The second kappa shape index (κ2) is 9.81. The third kappa shape index (κ3) is 5.53. The Labute approximate surface area is 192 Å². The molecule has 9 heteroatoms. The highest BCUT2D eigenvalue weighted by Crippen LogP contribution is 2.29. The van der Waals surface area contributed by atoms with E-state index in [9.17, 15) is 13.2 Å². The van der Waals surface area contributed by atoms with Gasteiger partial charge in [0, 0.05) is 37.4 Å². The summed E-state index contributed by atoms with van der Waals surface area (Å²) in [7, 11) is -2.03. The van der Waals surface area contributed by atoms with E-state index in [0.29, 0.717) is 10.9 Å². The molecular weight excluding hydrogens is 446 g/mol. The summed E-state index contributed by atoms with van der Waals surface area (Å²) in [5, 5.41) is 3.30. The van der Waals surface area contributed by atoms with Crippen LogP contribution in [0.5, 0.6) is 5.75 Å². The van der Waals surface area contributed by atoms with E-state index in [1.54, 1.807) is 12.1 Å². The molecular formula is C23H25N3O4S2. The SMILES string of the molecule is COc1ccc(S(=O)(=O)CCC(=O)Nc2nc3c(s2)CN(Cc2ccccc2)CC3)cc1. The Morgan fingerprint density at radius 2 is 1.91 bits per heavy atom. The number of carbonyl (C=O) groups is 1. The molecule has 0 spiro atoms. The van der Waals surface area contributed by atoms with Crippen LogP contribution >= 0.6 is 11.3 Å². The van der Waals surface area contributed by atoms with E-state index in [4.69, 9.17) is 4.74 Å². The Morgan fingerprint density at radius 1 is 1.16 bits per heavy atom. The van der Waals surface area contributed by atoms with Crippen molar-refractivity contribution in [3.63, 3.8) is 0 Å². The number of hydrogen-bond acceptors (Lipinski definition) is 7. The number of ether oxygens (including phenoxy) is 1. The number of thiazole rings is 1. The first kappa shape index (κ1) is 22.4. The molecule has 0 bridgehead atoms. The van der Waals surface area contributed by atoms with Crippen molar-refractivity contribution >= 4 is 32.2 Å². The zero-order valence-corrected chi connectivity index (χ0v) is 19.4. The number of benzene rings is 2. The Morgan fingerprint density at radius 3 is 2.62 bits per heavy atom. The zero-order chi connectivity index (χ0) is 22.6. The molecule has 2 heterocycles. The molecule has 1 amide bonds. The number of nitrogens with zero attached hydrogens (tertiary/aromatic N) is 2. The lowest BCUT2D eigenvalue weighted by Gasteiger charge is -2.25. The summed E-state index contributed by atoms with van der Waals surface area (Å²) >= 11 is 1.46. The van der Waals surface area contributed by atoms with Gasteiger partial charge in [-0.15, -0.1) is 11.3 Å². The standard InChI is InChI=1S/C23H25N3O4S2/c1-30-18-7-9-19(10-8-18)32(28,29)14-12-22(27)25-23-24-20-11-13-26(16-21(20)31-23)15-17-5-3-2-4-6-17/h2-10H,11-16H2,1H3,(H,24,25,27). The van der Waals surface area contributed by atoms with Gasteiger partial charge in [-0.2, -0.15) is 0 Å². The van der Waals surface area contributed by atoms with E-state index in [-0.39, 0.29) is 23.0 Å². The van der Waals surface area contributed by atoms with Gasteiger partial charge < -0.3 is 10.1 Å². The number of rotatable bonds is 8. The maximum atomic E-state index is 12.5. The second-order valence-electron chi connectivity index (χ2n) is 7.63. The smallest absolute Gasteiger partial charge is 0.227 e. The minimum absolute atomic E-state index is 0.126. The monoisotopic (exact) mass is 471 g/mol. The van der Waals surface area contributed by atoms with E-state index >= 15 is 0 Å². The van der Waals surface area contributed by atoms with Crippen LogP contribution in [0.4, 0.5) is 5.13 Å². The van der Waals surface area contributed by atoms with Crippen molar-refractivity contribution < 1.29 is 17.9 Å². The summed E-state index contributed by atoms with van der Waals surface area (Å²) in [6, 6.07) is 16.5. The Bertz CT molecular complexity index is 1180. The molecule has 4 rings (SSSR count). The molecule has 0 saturated heterocycles. The van der Waals surface area contributed by atoms with E-state index in [1.807, 2.05) is 18.2 Å². The molecule has 7 nitrogen and oxygen atoms in total. The number of aromatic nitrogens is 1. The topological polar surface area (TPSA) is 88.6 Å². The van der Waals surface area contributed by atoms with Crippen LogP contribution in [0.15, 0.2) is 59.5 Å². The normalized spacial score (nSPS) is 14.0. The Kier molecular flexibility index (Phi) is 6.88. The molecule has 3 aromatic rings. The predicted molar refractivity (Wildman–Crippen MR) is 125 cm³/mol. The molecule has 1 aliphatic heterocycles. The number of nitrogens with one attached hydrogen (secondary N) is 1. The summed E-state index contributed by atoms with van der Waals surface area (Å²) in [4.78, 5) is 20.6. The fraction of sp³-hybridized carbons (Fsp3) is 0.304. The molecule has 0 aliphatic carbocycles. The van der Waals surface area contributed by atoms with Crippen molar-refractivity contribution in [1.82, 2.24) is 9.88 Å². The first-order chi connectivity index (χ1) is 15.4. The van der Waals surface area contributed by atoms with Crippen LogP contribution in [0.2, 0.25) is 0 Å². The first-order valence-electron chi connectivity index (χ1n) is 10.3. The van der Waals surface area contributed by atoms with Crippen LogP contribution in [0, 0.1) is 0 Å². The second-order valence-corrected chi connectivity index (χ2v) is 10.8. The molecule has 0 unspecified atom stereocenters. The quantitative estimate of drug-likeness (QED) is 0.541. The molecule has 0 fully saturated rings. The van der Waals surface area contributed by atoms with Crippen molar-refractivity contribution in [1.29, 1.82) is 0 Å². The molecule has 0 atom stereocenters. The van der Waals surface area contributed by atoms with Crippen LogP contribution in [0.25, 0.3) is 0 Å². The molecule has 0 radical (unpaired) electrons. The van der Waals surface area contributed by atoms with Gasteiger partial charge in [0.2, 0.25) is 5.91 Å². The van der Waals surface area contributed by atoms with Crippen LogP contribution in [-0.4, -0.2) is 43.6 Å². The van der Waals surface area contributed by atoms with Crippen molar-refractivity contribution in [3.8, 4) is 5.75 Å². The molecule has 0 saturated carbocycles. The largest absolute Gasteiger partial charge is 0.497 e. The van der Waals surface area contributed by atoms with Gasteiger partial charge in [0.1, 0.15) is 5.75 Å². The fourth-order valence-corrected chi connectivity index (χ4v) is 5.90. The Hall–Kier alpha value is -2.75. The van der Waals surface area contributed by atoms with Crippen LogP contribution in [0.3, 0.4) is 0 Å². The van der Waals surface area contributed by atoms with Gasteiger partial charge in [-0.25, -0.2) is 13.4 Å². The fourth-order valence-electron chi connectivity index (χ4n) is 3.59. The van der Waals surface area contributed by atoms with E-state index in [1.165, 1.54) is 36.1 Å². The van der Waals surface area contributed by atoms with Crippen molar-refractivity contribution in [2.45, 2.75) is 30.8 Å². The molecule has 32 heavy (non-hydrogen) atoms. The van der Waals surface area contributed by atoms with E-state index in [2.05, 4.69) is 27.3 Å². The number of carbonyl (C=O) groups excluding carboxylic acids is 1. The number of hydrogen-bond donors (Lipinski definition) is 1. The molecule has 1 N–H and O–H groups in total.